The van der Waals surface area contributed by atoms with Gasteiger partial charge in [0.25, 0.3) is 0 Å². The Kier molecular flexibility index (Phi) is 5.54. The molecule has 0 aromatic rings. The van der Waals surface area contributed by atoms with Gasteiger partial charge in [-0.2, -0.15) is 0 Å². The van der Waals surface area contributed by atoms with Crippen molar-refractivity contribution in [2.24, 2.45) is 5.92 Å². The Labute approximate surface area is 138 Å². The molecule has 6 heteroatoms. The average molecular weight is 323 g/mol. The predicted octanol–water partition coefficient (Wildman–Crippen LogP) is 0.568. The van der Waals surface area contributed by atoms with Crippen LogP contribution in [0.25, 0.3) is 0 Å². The van der Waals surface area contributed by atoms with E-state index in [4.69, 9.17) is 4.74 Å². The summed E-state index contributed by atoms with van der Waals surface area (Å²) in [7, 11) is 0. The van der Waals surface area contributed by atoms with Crippen molar-refractivity contribution in [3.8, 4) is 0 Å². The molecular formula is C17H29N3O3. The number of carbonyl (C=O) groups excluding carboxylic acids is 2. The first-order valence-electron chi connectivity index (χ1n) is 8.98. The molecule has 2 heterocycles. The monoisotopic (exact) mass is 323 g/mol. The minimum atomic E-state index is 0.125. The molecule has 23 heavy (non-hydrogen) atoms. The summed E-state index contributed by atoms with van der Waals surface area (Å²) in [4.78, 5) is 30.6. The van der Waals surface area contributed by atoms with Crippen molar-refractivity contribution >= 4 is 11.8 Å². The van der Waals surface area contributed by atoms with Crippen LogP contribution in [0.4, 0.5) is 0 Å². The van der Waals surface area contributed by atoms with Gasteiger partial charge in [-0.1, -0.05) is 0 Å². The van der Waals surface area contributed by atoms with Crippen LogP contribution in [0.2, 0.25) is 0 Å². The highest BCUT2D eigenvalue weighted by atomic mass is 16.5. The first-order valence-corrected chi connectivity index (χ1v) is 8.98. The third-order valence-electron chi connectivity index (χ3n) is 5.28. The lowest BCUT2D eigenvalue weighted by Gasteiger charge is -2.32. The lowest BCUT2D eigenvalue weighted by atomic mass is 10.2. The van der Waals surface area contributed by atoms with Gasteiger partial charge in [-0.25, -0.2) is 0 Å². The number of amides is 2. The van der Waals surface area contributed by atoms with Crippen LogP contribution in [0.15, 0.2) is 0 Å². The van der Waals surface area contributed by atoms with Gasteiger partial charge in [-0.15, -0.1) is 0 Å². The molecule has 2 amide bonds. The lowest BCUT2D eigenvalue weighted by molar-refractivity contribution is -0.134. The van der Waals surface area contributed by atoms with Crippen molar-refractivity contribution in [3.63, 3.8) is 0 Å². The van der Waals surface area contributed by atoms with Crippen LogP contribution in [0.3, 0.4) is 0 Å². The molecule has 130 valence electrons. The van der Waals surface area contributed by atoms with Gasteiger partial charge in [0.05, 0.1) is 19.3 Å². The van der Waals surface area contributed by atoms with E-state index in [9.17, 15) is 9.59 Å². The molecule has 6 nitrogen and oxygen atoms in total. The van der Waals surface area contributed by atoms with Gasteiger partial charge >= 0.3 is 0 Å². The van der Waals surface area contributed by atoms with Crippen LogP contribution >= 0.6 is 0 Å². The number of hydrogen-bond donors (Lipinski definition) is 0. The summed E-state index contributed by atoms with van der Waals surface area (Å²) in [5, 5.41) is 0. The fourth-order valence-electron chi connectivity index (χ4n) is 3.59. The zero-order valence-corrected chi connectivity index (χ0v) is 14.2. The van der Waals surface area contributed by atoms with Crippen LogP contribution in [0.5, 0.6) is 0 Å². The lowest BCUT2D eigenvalue weighted by Crippen LogP contribution is -2.47. The van der Waals surface area contributed by atoms with E-state index >= 15 is 0 Å². The molecular weight excluding hydrogens is 294 g/mol. The first kappa shape index (κ1) is 16.7. The van der Waals surface area contributed by atoms with E-state index in [0.717, 1.165) is 52.4 Å². The van der Waals surface area contributed by atoms with E-state index in [1.165, 1.54) is 12.8 Å². The fraction of sp³-hybridized carbons (Fsp3) is 0.882. The van der Waals surface area contributed by atoms with Crippen LogP contribution in [-0.4, -0.2) is 85.0 Å². The number of nitrogens with zero attached hydrogens (tertiary/aromatic N) is 3. The standard InChI is InChI=1S/C17H29N3O3/c1-14(21)20(7-6-18-8-10-23-11-9-18)16-4-5-19(13-16)17(22)12-15-2-3-15/h15-16H,2-13H2,1H3. The number of hydrogen-bond acceptors (Lipinski definition) is 4. The quantitative estimate of drug-likeness (QED) is 0.717. The number of morpholine rings is 1. The van der Waals surface area contributed by atoms with E-state index in [1.54, 1.807) is 6.92 Å². The maximum atomic E-state index is 12.2. The van der Waals surface area contributed by atoms with Gasteiger partial charge in [-0.05, 0) is 25.2 Å². The highest BCUT2D eigenvalue weighted by Gasteiger charge is 2.34. The molecule has 0 bridgehead atoms. The minimum Gasteiger partial charge on any atom is -0.379 e. The Hall–Kier alpha value is -1.14. The maximum absolute atomic E-state index is 12.2. The normalized spacial score (nSPS) is 25.6. The molecule has 2 saturated heterocycles. The Bertz CT molecular complexity index is 433. The summed E-state index contributed by atoms with van der Waals surface area (Å²) in [6, 6.07) is 0.191. The molecule has 1 unspecified atom stereocenters. The molecule has 0 radical (unpaired) electrons. The maximum Gasteiger partial charge on any atom is 0.222 e. The SMILES string of the molecule is CC(=O)N(CCN1CCOCC1)C1CCN(C(=O)CC2CC2)C1. The number of rotatable bonds is 6. The van der Waals surface area contributed by atoms with Crippen LogP contribution in [0, 0.1) is 5.92 Å². The van der Waals surface area contributed by atoms with E-state index < -0.39 is 0 Å². The predicted molar refractivity (Wildman–Crippen MR) is 87.0 cm³/mol. The molecule has 3 fully saturated rings. The number of carbonyl (C=O) groups is 2. The summed E-state index contributed by atoms with van der Waals surface area (Å²) in [6.07, 6.45) is 4.05. The molecule has 2 aliphatic heterocycles. The second-order valence-corrected chi connectivity index (χ2v) is 7.10. The third kappa shape index (κ3) is 4.67. The molecule has 1 saturated carbocycles. The third-order valence-corrected chi connectivity index (χ3v) is 5.28. The second kappa shape index (κ2) is 7.62. The zero-order chi connectivity index (χ0) is 16.2. The van der Waals surface area contributed by atoms with Gasteiger partial charge < -0.3 is 14.5 Å². The molecule has 1 aliphatic carbocycles. The van der Waals surface area contributed by atoms with Crippen molar-refractivity contribution in [1.29, 1.82) is 0 Å². The summed E-state index contributed by atoms with van der Waals surface area (Å²) in [5.41, 5.74) is 0. The minimum absolute atomic E-state index is 0.125. The molecule has 0 aromatic carbocycles. The Morgan fingerprint density at radius 1 is 1.13 bits per heavy atom. The molecule has 0 N–H and O–H groups in total. The largest absolute Gasteiger partial charge is 0.379 e. The highest BCUT2D eigenvalue weighted by molar-refractivity contribution is 5.77. The van der Waals surface area contributed by atoms with Crippen molar-refractivity contribution in [2.45, 2.75) is 38.6 Å². The van der Waals surface area contributed by atoms with Crippen LogP contribution in [-0.2, 0) is 14.3 Å². The summed E-state index contributed by atoms with van der Waals surface area (Å²) in [6.45, 7) is 8.28. The second-order valence-electron chi connectivity index (χ2n) is 7.10. The van der Waals surface area contributed by atoms with E-state index in [-0.39, 0.29) is 17.9 Å². The Balaban J connectivity index is 1.47. The van der Waals surface area contributed by atoms with Crippen molar-refractivity contribution in [3.05, 3.63) is 0 Å². The van der Waals surface area contributed by atoms with E-state index in [1.807, 2.05) is 9.80 Å². The Morgan fingerprint density at radius 2 is 1.87 bits per heavy atom. The van der Waals surface area contributed by atoms with Crippen LogP contribution < -0.4 is 0 Å². The van der Waals surface area contributed by atoms with Gasteiger partial charge in [-0.3, -0.25) is 14.5 Å². The van der Waals surface area contributed by atoms with Gasteiger partial charge in [0.2, 0.25) is 11.8 Å². The fourth-order valence-corrected chi connectivity index (χ4v) is 3.59. The zero-order valence-electron chi connectivity index (χ0n) is 14.2. The van der Waals surface area contributed by atoms with Crippen molar-refractivity contribution in [1.82, 2.24) is 14.7 Å². The topological polar surface area (TPSA) is 53.1 Å². The molecule has 0 aromatic heterocycles. The summed E-state index contributed by atoms with van der Waals surface area (Å²) >= 11 is 0. The smallest absolute Gasteiger partial charge is 0.222 e. The van der Waals surface area contributed by atoms with Crippen LogP contribution in [0.1, 0.15) is 32.6 Å². The number of ether oxygens (including phenoxy) is 1. The van der Waals surface area contributed by atoms with Gasteiger partial charge in [0, 0.05) is 52.6 Å². The number of likely N-dealkylation sites (tertiary alicyclic amines) is 1. The van der Waals surface area contributed by atoms with Crippen molar-refractivity contribution < 1.29 is 14.3 Å². The van der Waals surface area contributed by atoms with Gasteiger partial charge in [0.15, 0.2) is 0 Å². The van der Waals surface area contributed by atoms with E-state index in [0.29, 0.717) is 18.9 Å². The van der Waals surface area contributed by atoms with Gasteiger partial charge in [0.1, 0.15) is 0 Å². The van der Waals surface area contributed by atoms with Crippen molar-refractivity contribution in [2.75, 3.05) is 52.5 Å². The summed E-state index contributed by atoms with van der Waals surface area (Å²) in [5.74, 6) is 1.04. The summed E-state index contributed by atoms with van der Waals surface area (Å²) < 4.78 is 5.36. The molecule has 3 rings (SSSR count). The van der Waals surface area contributed by atoms with E-state index in [2.05, 4.69) is 4.90 Å². The Morgan fingerprint density at radius 3 is 2.52 bits per heavy atom. The molecule has 3 aliphatic rings. The first-order chi connectivity index (χ1) is 11.1. The average Bonchev–Trinajstić information content (AvgIpc) is 3.22. The molecule has 1 atom stereocenters. The molecule has 0 spiro atoms. The highest BCUT2D eigenvalue weighted by Crippen LogP contribution is 2.33.